The van der Waals surface area contributed by atoms with Gasteiger partial charge in [-0.1, -0.05) is 12.1 Å². The lowest BCUT2D eigenvalue weighted by Crippen LogP contribution is -2.23. The summed E-state index contributed by atoms with van der Waals surface area (Å²) in [6.07, 6.45) is 1.84. The molecule has 1 atom stereocenters. The molecule has 0 radical (unpaired) electrons. The molecule has 5 aromatic rings. The van der Waals surface area contributed by atoms with E-state index in [2.05, 4.69) is 10.1 Å². The summed E-state index contributed by atoms with van der Waals surface area (Å²) in [7, 11) is 3.25. The molecule has 2 heterocycles. The van der Waals surface area contributed by atoms with Gasteiger partial charge in [0, 0.05) is 29.4 Å². The molecule has 184 valence electrons. The van der Waals surface area contributed by atoms with Gasteiger partial charge in [0.1, 0.15) is 23.1 Å². The molecular formula is C28H21F2N5O2. The van der Waals surface area contributed by atoms with Gasteiger partial charge in [-0.25, -0.2) is 8.78 Å². The molecule has 3 aromatic carbocycles. The summed E-state index contributed by atoms with van der Waals surface area (Å²) in [5, 5.41) is 15.0. The molecule has 9 heteroatoms. The fourth-order valence-corrected chi connectivity index (χ4v) is 4.61. The van der Waals surface area contributed by atoms with E-state index in [1.807, 2.05) is 12.1 Å². The van der Waals surface area contributed by atoms with Crippen molar-refractivity contribution in [1.29, 1.82) is 5.26 Å². The van der Waals surface area contributed by atoms with Gasteiger partial charge in [0.15, 0.2) is 0 Å². The Kier molecular flexibility index (Phi) is 6.01. The first-order valence-electron chi connectivity index (χ1n) is 11.4. The highest BCUT2D eigenvalue weighted by molar-refractivity contribution is 6.11. The van der Waals surface area contributed by atoms with E-state index in [1.54, 1.807) is 24.0 Å². The second kappa shape index (κ2) is 9.32. The molecule has 0 aliphatic rings. The van der Waals surface area contributed by atoms with E-state index in [9.17, 15) is 9.18 Å². The summed E-state index contributed by atoms with van der Waals surface area (Å²) >= 11 is 0. The number of carbonyl (C=O) groups excluding carboxylic acids is 1. The molecule has 0 spiro atoms. The number of hydrogen-bond acceptors (Lipinski definition) is 5. The van der Waals surface area contributed by atoms with E-state index in [4.69, 9.17) is 15.7 Å². The Bertz CT molecular complexity index is 1720. The number of aryl methyl sites for hydroxylation is 1. The fraction of sp³-hybridized carbons (Fsp3) is 0.143. The Balaban J connectivity index is 1.72. The van der Waals surface area contributed by atoms with Gasteiger partial charge in [0.2, 0.25) is 5.91 Å². The molecule has 5 rings (SSSR count). The Morgan fingerprint density at radius 3 is 2.57 bits per heavy atom. The van der Waals surface area contributed by atoms with Gasteiger partial charge >= 0.3 is 0 Å². The summed E-state index contributed by atoms with van der Waals surface area (Å²) in [5.41, 5.74) is 9.09. The first-order valence-corrected chi connectivity index (χ1v) is 11.4. The Labute approximate surface area is 210 Å². The highest BCUT2D eigenvalue weighted by Crippen LogP contribution is 2.38. The number of nitrogens with two attached hydrogens (primary N) is 1. The first kappa shape index (κ1) is 23.9. The van der Waals surface area contributed by atoms with Crippen LogP contribution >= 0.6 is 0 Å². The van der Waals surface area contributed by atoms with Crippen molar-refractivity contribution in [1.82, 2.24) is 14.8 Å². The predicted octanol–water partition coefficient (Wildman–Crippen LogP) is 4.76. The van der Waals surface area contributed by atoms with Crippen LogP contribution < -0.4 is 10.5 Å². The van der Waals surface area contributed by atoms with E-state index in [-0.39, 0.29) is 17.5 Å². The number of primary amides is 1. The molecule has 0 aliphatic carbocycles. The number of halogens is 2. The van der Waals surface area contributed by atoms with Crippen LogP contribution in [0.2, 0.25) is 0 Å². The van der Waals surface area contributed by atoms with Crippen LogP contribution in [0.25, 0.3) is 33.1 Å². The minimum Gasteiger partial charge on any atom is -0.496 e. The van der Waals surface area contributed by atoms with Crippen LogP contribution in [0, 0.1) is 23.0 Å². The molecule has 0 aliphatic heterocycles. The molecule has 2 N–H and O–H groups in total. The van der Waals surface area contributed by atoms with Crippen LogP contribution in [0.1, 0.15) is 22.6 Å². The number of rotatable bonds is 6. The second-order valence-electron chi connectivity index (χ2n) is 8.69. The summed E-state index contributed by atoms with van der Waals surface area (Å²) < 4.78 is 35.7. The normalized spacial score (nSPS) is 12.0. The number of fused-ring (bicyclic) bond motifs is 3. The maximum Gasteiger partial charge on any atom is 0.225 e. The minimum atomic E-state index is -0.733. The molecule has 0 fully saturated rings. The van der Waals surface area contributed by atoms with Crippen LogP contribution in [0.4, 0.5) is 8.78 Å². The highest BCUT2D eigenvalue weighted by Gasteiger charge is 2.23. The van der Waals surface area contributed by atoms with Crippen molar-refractivity contribution in [3.05, 3.63) is 89.1 Å². The van der Waals surface area contributed by atoms with Crippen LogP contribution in [0.3, 0.4) is 0 Å². The zero-order valence-corrected chi connectivity index (χ0v) is 20.0. The van der Waals surface area contributed by atoms with Gasteiger partial charge in [-0.2, -0.15) is 10.4 Å². The third kappa shape index (κ3) is 4.23. The molecule has 0 bridgehead atoms. The van der Waals surface area contributed by atoms with Gasteiger partial charge < -0.3 is 10.5 Å². The third-order valence-corrected chi connectivity index (χ3v) is 6.48. The van der Waals surface area contributed by atoms with Crippen molar-refractivity contribution >= 4 is 27.7 Å². The summed E-state index contributed by atoms with van der Waals surface area (Å²) in [4.78, 5) is 16.9. The second-order valence-corrected chi connectivity index (χ2v) is 8.69. The molecular weight excluding hydrogens is 476 g/mol. The zero-order chi connectivity index (χ0) is 26.3. The SMILES string of the molecule is COc1cc2ncc3c(c(-c4ccc(C#N)cc4F)nn3C)c2cc1CC(C(N)=O)c1ccc(F)cc1. The maximum atomic E-state index is 15.0. The van der Waals surface area contributed by atoms with Crippen molar-refractivity contribution in [2.75, 3.05) is 7.11 Å². The molecule has 1 amide bonds. The van der Waals surface area contributed by atoms with Crippen LogP contribution in [-0.2, 0) is 18.3 Å². The number of aromatic nitrogens is 3. The Morgan fingerprint density at radius 2 is 1.92 bits per heavy atom. The van der Waals surface area contributed by atoms with Crippen molar-refractivity contribution in [2.45, 2.75) is 12.3 Å². The maximum absolute atomic E-state index is 15.0. The van der Waals surface area contributed by atoms with E-state index in [1.165, 1.54) is 49.6 Å². The molecule has 0 saturated heterocycles. The van der Waals surface area contributed by atoms with Gasteiger partial charge in [-0.05, 0) is 53.9 Å². The van der Waals surface area contributed by atoms with Crippen molar-refractivity contribution in [3.8, 4) is 23.1 Å². The number of ether oxygens (including phenoxy) is 1. The minimum absolute atomic E-state index is 0.192. The zero-order valence-electron chi connectivity index (χ0n) is 20.0. The Morgan fingerprint density at radius 1 is 1.16 bits per heavy atom. The van der Waals surface area contributed by atoms with Gasteiger partial charge in [0.25, 0.3) is 0 Å². The number of carbonyl (C=O) groups is 1. The first-order chi connectivity index (χ1) is 17.8. The number of nitrogens with zero attached hydrogens (tertiary/aromatic N) is 4. The fourth-order valence-electron chi connectivity index (χ4n) is 4.61. The molecule has 37 heavy (non-hydrogen) atoms. The molecule has 0 saturated carbocycles. The average molecular weight is 498 g/mol. The molecule has 7 nitrogen and oxygen atoms in total. The Hall–Kier alpha value is -4.84. The van der Waals surface area contributed by atoms with Gasteiger partial charge in [-0.3, -0.25) is 14.5 Å². The van der Waals surface area contributed by atoms with Crippen LogP contribution in [0.5, 0.6) is 5.75 Å². The van der Waals surface area contributed by atoms with Crippen LogP contribution in [0.15, 0.2) is 60.8 Å². The number of amides is 1. The summed E-state index contributed by atoms with van der Waals surface area (Å²) in [5.74, 6) is -1.77. The van der Waals surface area contributed by atoms with Crippen molar-refractivity contribution in [2.24, 2.45) is 12.8 Å². The number of methoxy groups -OCH3 is 1. The number of pyridine rings is 1. The van der Waals surface area contributed by atoms with E-state index < -0.39 is 23.5 Å². The summed E-state index contributed by atoms with van der Waals surface area (Å²) in [6, 6.07) is 15.4. The third-order valence-electron chi connectivity index (χ3n) is 6.48. The topological polar surface area (TPSA) is 107 Å². The average Bonchev–Trinajstić information content (AvgIpc) is 3.23. The quantitative estimate of drug-likeness (QED) is 0.364. The smallest absolute Gasteiger partial charge is 0.225 e. The number of nitriles is 1. The predicted molar refractivity (Wildman–Crippen MR) is 135 cm³/mol. The van der Waals surface area contributed by atoms with Crippen LogP contribution in [-0.4, -0.2) is 27.8 Å². The van der Waals surface area contributed by atoms with Gasteiger partial charge in [0.05, 0.1) is 41.9 Å². The standard InChI is InChI=1S/C28H21F2N5O2/c1-35-24-14-33-23-12-25(37-2)17(10-20(28(32)36)16-4-6-18(29)7-5-16)11-21(23)26(24)27(34-35)19-8-3-15(13-31)9-22(19)30/h3-9,11-12,14,20H,10H2,1-2H3,(H2,32,36). The van der Waals surface area contributed by atoms with E-state index in [0.717, 1.165) is 0 Å². The van der Waals surface area contributed by atoms with Crippen molar-refractivity contribution < 1.29 is 18.3 Å². The molecule has 2 aromatic heterocycles. The largest absolute Gasteiger partial charge is 0.496 e. The van der Waals surface area contributed by atoms with Gasteiger partial charge in [-0.15, -0.1) is 0 Å². The molecule has 1 unspecified atom stereocenters. The number of benzene rings is 3. The highest BCUT2D eigenvalue weighted by atomic mass is 19.1. The number of hydrogen-bond donors (Lipinski definition) is 1. The lowest BCUT2D eigenvalue weighted by Gasteiger charge is -2.17. The monoisotopic (exact) mass is 497 g/mol. The van der Waals surface area contributed by atoms with E-state index in [0.29, 0.717) is 44.4 Å². The lowest BCUT2D eigenvalue weighted by molar-refractivity contribution is -0.119. The van der Waals surface area contributed by atoms with E-state index >= 15 is 4.39 Å². The lowest BCUT2D eigenvalue weighted by atomic mass is 9.90. The van der Waals surface area contributed by atoms with Crippen molar-refractivity contribution in [3.63, 3.8) is 0 Å². The summed E-state index contributed by atoms with van der Waals surface area (Å²) in [6.45, 7) is 0.